The highest BCUT2D eigenvalue weighted by molar-refractivity contribution is 7.10. The van der Waals surface area contributed by atoms with Gasteiger partial charge >= 0.3 is 0 Å². The van der Waals surface area contributed by atoms with Crippen LogP contribution >= 0.6 is 22.9 Å². The van der Waals surface area contributed by atoms with Gasteiger partial charge in [0.2, 0.25) is 0 Å². The van der Waals surface area contributed by atoms with Crippen molar-refractivity contribution < 1.29 is 0 Å². The summed E-state index contributed by atoms with van der Waals surface area (Å²) in [5.41, 5.74) is 6.07. The van der Waals surface area contributed by atoms with Gasteiger partial charge in [-0.3, -0.25) is 0 Å². The maximum atomic E-state index is 6.07. The van der Waals surface area contributed by atoms with Crippen molar-refractivity contribution >= 4 is 22.9 Å². The van der Waals surface area contributed by atoms with Gasteiger partial charge in [0, 0.05) is 10.9 Å². The predicted octanol–water partition coefficient (Wildman–Crippen LogP) is 3.20. The average molecular weight is 202 g/mol. The van der Waals surface area contributed by atoms with Crippen LogP contribution in [0.4, 0.5) is 0 Å². The van der Waals surface area contributed by atoms with Crippen molar-refractivity contribution in [2.45, 2.75) is 25.3 Å². The zero-order valence-electron chi connectivity index (χ0n) is 6.79. The summed E-state index contributed by atoms with van der Waals surface area (Å²) in [5.74, 6) is 0.682. The van der Waals surface area contributed by atoms with E-state index in [9.17, 15) is 0 Å². The van der Waals surface area contributed by atoms with E-state index in [-0.39, 0.29) is 6.04 Å². The molecular formula is C9H12ClNS. The first-order valence-corrected chi connectivity index (χ1v) is 5.53. The lowest BCUT2D eigenvalue weighted by Crippen LogP contribution is -2.26. The van der Waals surface area contributed by atoms with Crippen LogP contribution in [0, 0.1) is 5.92 Å². The molecule has 0 radical (unpaired) electrons. The fraction of sp³-hybridized carbons (Fsp3) is 0.556. The summed E-state index contributed by atoms with van der Waals surface area (Å²) >= 11 is 7.67. The van der Waals surface area contributed by atoms with Crippen molar-refractivity contribution in [2.24, 2.45) is 11.7 Å². The Bertz CT molecular complexity index is 267. The molecule has 1 aliphatic rings. The molecule has 12 heavy (non-hydrogen) atoms. The molecule has 0 bridgehead atoms. The Morgan fingerprint density at radius 2 is 2.33 bits per heavy atom. The lowest BCUT2D eigenvalue weighted by Gasteiger charge is -2.30. The van der Waals surface area contributed by atoms with E-state index in [1.165, 1.54) is 24.1 Å². The summed E-state index contributed by atoms with van der Waals surface area (Å²) in [6.45, 7) is 0. The van der Waals surface area contributed by atoms with E-state index in [1.54, 1.807) is 11.3 Å². The fourth-order valence-electron chi connectivity index (χ4n) is 1.56. The van der Waals surface area contributed by atoms with E-state index in [0.717, 1.165) is 5.02 Å². The van der Waals surface area contributed by atoms with Gasteiger partial charge in [-0.25, -0.2) is 0 Å². The van der Waals surface area contributed by atoms with Crippen molar-refractivity contribution in [3.63, 3.8) is 0 Å². The molecule has 0 saturated heterocycles. The molecule has 1 aliphatic carbocycles. The first-order chi connectivity index (χ1) is 5.79. The maximum Gasteiger partial charge on any atom is 0.0561 e. The molecule has 1 fully saturated rings. The average Bonchev–Trinajstić information content (AvgIpc) is 2.31. The van der Waals surface area contributed by atoms with Crippen molar-refractivity contribution in [3.05, 3.63) is 21.3 Å². The van der Waals surface area contributed by atoms with Gasteiger partial charge < -0.3 is 5.73 Å². The van der Waals surface area contributed by atoms with E-state index in [4.69, 9.17) is 17.3 Å². The largest absolute Gasteiger partial charge is 0.323 e. The van der Waals surface area contributed by atoms with Crippen LogP contribution in [0.1, 0.15) is 30.2 Å². The zero-order valence-corrected chi connectivity index (χ0v) is 8.37. The predicted molar refractivity (Wildman–Crippen MR) is 53.6 cm³/mol. The molecule has 0 spiro atoms. The molecule has 1 nitrogen and oxygen atoms in total. The van der Waals surface area contributed by atoms with Crippen LogP contribution in [-0.4, -0.2) is 0 Å². The SMILES string of the molecule is N[C@@H](c1sccc1Cl)C1CCC1. The van der Waals surface area contributed by atoms with Crippen LogP contribution in [-0.2, 0) is 0 Å². The fourth-order valence-corrected chi connectivity index (χ4v) is 2.83. The normalized spacial score (nSPS) is 20.5. The second-order valence-electron chi connectivity index (χ2n) is 3.35. The lowest BCUT2D eigenvalue weighted by atomic mass is 9.79. The number of nitrogens with two attached hydrogens (primary N) is 1. The molecule has 0 unspecified atom stereocenters. The summed E-state index contributed by atoms with van der Waals surface area (Å²) in [6.07, 6.45) is 3.88. The molecule has 2 rings (SSSR count). The van der Waals surface area contributed by atoms with Gasteiger partial charge in [0.15, 0.2) is 0 Å². The number of hydrogen-bond acceptors (Lipinski definition) is 2. The van der Waals surface area contributed by atoms with E-state index >= 15 is 0 Å². The van der Waals surface area contributed by atoms with Crippen molar-refractivity contribution in [1.29, 1.82) is 0 Å². The molecular weight excluding hydrogens is 190 g/mol. The Hall–Kier alpha value is -0.0500. The maximum absolute atomic E-state index is 6.07. The van der Waals surface area contributed by atoms with Crippen LogP contribution < -0.4 is 5.73 Å². The Morgan fingerprint density at radius 3 is 2.75 bits per heavy atom. The quantitative estimate of drug-likeness (QED) is 0.782. The molecule has 66 valence electrons. The van der Waals surface area contributed by atoms with Gasteiger partial charge in [-0.05, 0) is 30.2 Å². The van der Waals surface area contributed by atoms with Crippen LogP contribution in [0.15, 0.2) is 11.4 Å². The topological polar surface area (TPSA) is 26.0 Å². The summed E-state index contributed by atoms with van der Waals surface area (Å²) in [5, 5.41) is 2.86. The highest BCUT2D eigenvalue weighted by Gasteiger charge is 2.27. The second kappa shape index (κ2) is 3.36. The zero-order chi connectivity index (χ0) is 8.55. The van der Waals surface area contributed by atoms with Gasteiger partial charge in [-0.15, -0.1) is 11.3 Å². The second-order valence-corrected chi connectivity index (χ2v) is 4.70. The summed E-state index contributed by atoms with van der Waals surface area (Å²) < 4.78 is 0. The summed E-state index contributed by atoms with van der Waals surface area (Å²) in [6, 6.07) is 2.12. The molecule has 1 aromatic heterocycles. The highest BCUT2D eigenvalue weighted by atomic mass is 35.5. The Labute approximate surface area is 81.5 Å². The summed E-state index contributed by atoms with van der Waals surface area (Å²) in [4.78, 5) is 1.17. The number of thiophene rings is 1. The van der Waals surface area contributed by atoms with Crippen LogP contribution in [0.3, 0.4) is 0 Å². The Balaban J connectivity index is 2.13. The number of rotatable bonds is 2. The minimum absolute atomic E-state index is 0.186. The first-order valence-electron chi connectivity index (χ1n) is 4.27. The number of hydrogen-bond donors (Lipinski definition) is 1. The van der Waals surface area contributed by atoms with Crippen LogP contribution in [0.2, 0.25) is 5.02 Å². The molecule has 2 N–H and O–H groups in total. The third kappa shape index (κ3) is 1.39. The molecule has 1 atom stereocenters. The molecule has 3 heteroatoms. The Morgan fingerprint density at radius 1 is 1.58 bits per heavy atom. The van der Waals surface area contributed by atoms with Gasteiger partial charge in [0.25, 0.3) is 0 Å². The smallest absolute Gasteiger partial charge is 0.0561 e. The summed E-state index contributed by atoms with van der Waals surface area (Å²) in [7, 11) is 0. The van der Waals surface area contributed by atoms with E-state index in [0.29, 0.717) is 5.92 Å². The van der Waals surface area contributed by atoms with E-state index in [2.05, 4.69) is 0 Å². The van der Waals surface area contributed by atoms with Crippen LogP contribution in [0.5, 0.6) is 0 Å². The molecule has 0 aliphatic heterocycles. The third-order valence-corrected chi connectivity index (χ3v) is 4.07. The van der Waals surface area contributed by atoms with E-state index in [1.807, 2.05) is 11.4 Å². The Kier molecular flexibility index (Phi) is 2.40. The van der Waals surface area contributed by atoms with Crippen molar-refractivity contribution in [1.82, 2.24) is 0 Å². The molecule has 0 amide bonds. The van der Waals surface area contributed by atoms with Gasteiger partial charge in [0.05, 0.1) is 5.02 Å². The monoisotopic (exact) mass is 201 g/mol. The lowest BCUT2D eigenvalue weighted by molar-refractivity contribution is 0.267. The standard InChI is InChI=1S/C9H12ClNS/c10-7-4-5-12-9(7)8(11)6-2-1-3-6/h4-6,8H,1-3,11H2/t8-/m1/s1. The van der Waals surface area contributed by atoms with Gasteiger partial charge in [-0.2, -0.15) is 0 Å². The van der Waals surface area contributed by atoms with Crippen molar-refractivity contribution in [3.8, 4) is 0 Å². The number of halogens is 1. The molecule has 1 heterocycles. The molecule has 0 aromatic carbocycles. The van der Waals surface area contributed by atoms with E-state index < -0.39 is 0 Å². The highest BCUT2D eigenvalue weighted by Crippen LogP contribution is 2.40. The minimum Gasteiger partial charge on any atom is -0.323 e. The molecule has 1 saturated carbocycles. The van der Waals surface area contributed by atoms with Gasteiger partial charge in [0.1, 0.15) is 0 Å². The first kappa shape index (κ1) is 8.54. The van der Waals surface area contributed by atoms with Crippen molar-refractivity contribution in [2.75, 3.05) is 0 Å². The van der Waals surface area contributed by atoms with Crippen LogP contribution in [0.25, 0.3) is 0 Å². The minimum atomic E-state index is 0.186. The molecule has 1 aromatic rings. The third-order valence-electron chi connectivity index (χ3n) is 2.61. The van der Waals surface area contributed by atoms with Gasteiger partial charge in [-0.1, -0.05) is 18.0 Å².